The van der Waals surface area contributed by atoms with E-state index in [1.807, 2.05) is 37.8 Å². The lowest BCUT2D eigenvalue weighted by molar-refractivity contribution is -0.133. The summed E-state index contributed by atoms with van der Waals surface area (Å²) < 4.78 is 5.29. The third-order valence-corrected chi connectivity index (χ3v) is 4.48. The first-order valence-corrected chi connectivity index (χ1v) is 8.84. The average molecular weight is 346 g/mol. The number of nitrogens with zero attached hydrogens (tertiary/aromatic N) is 2. The molecular weight excluding hydrogens is 316 g/mol. The fourth-order valence-electron chi connectivity index (χ4n) is 3.07. The molecule has 1 saturated heterocycles. The molecule has 1 aromatic rings. The van der Waals surface area contributed by atoms with Gasteiger partial charge in [0, 0.05) is 38.6 Å². The lowest BCUT2D eigenvalue weighted by Gasteiger charge is -2.20. The van der Waals surface area contributed by atoms with Gasteiger partial charge < -0.3 is 20.3 Å². The summed E-state index contributed by atoms with van der Waals surface area (Å²) >= 11 is 0. The summed E-state index contributed by atoms with van der Waals surface area (Å²) in [4.78, 5) is 18.3. The van der Waals surface area contributed by atoms with Crippen molar-refractivity contribution in [3.8, 4) is 5.75 Å². The van der Waals surface area contributed by atoms with Crippen molar-refractivity contribution in [1.82, 2.24) is 15.5 Å². The van der Waals surface area contributed by atoms with Crippen molar-refractivity contribution in [3.63, 3.8) is 0 Å². The van der Waals surface area contributed by atoms with Gasteiger partial charge in [0.25, 0.3) is 0 Å². The second-order valence-corrected chi connectivity index (χ2v) is 6.80. The number of aryl methyl sites for hydroxylation is 1. The summed E-state index contributed by atoms with van der Waals surface area (Å²) in [5.41, 5.74) is 2.28. The van der Waals surface area contributed by atoms with Crippen LogP contribution in [-0.2, 0) is 11.3 Å². The first-order valence-electron chi connectivity index (χ1n) is 8.84. The number of amides is 1. The van der Waals surface area contributed by atoms with Crippen LogP contribution in [0.3, 0.4) is 0 Å². The molecular formula is C19H30N4O2. The Labute approximate surface area is 150 Å². The fourth-order valence-corrected chi connectivity index (χ4v) is 3.07. The van der Waals surface area contributed by atoms with Crippen LogP contribution in [0.25, 0.3) is 0 Å². The van der Waals surface area contributed by atoms with Gasteiger partial charge in [-0.25, -0.2) is 0 Å². The Bertz CT molecular complexity index is 628. The van der Waals surface area contributed by atoms with E-state index in [2.05, 4.69) is 21.7 Å². The molecule has 1 aromatic carbocycles. The van der Waals surface area contributed by atoms with E-state index in [1.165, 1.54) is 5.56 Å². The van der Waals surface area contributed by atoms with Gasteiger partial charge in [-0.3, -0.25) is 9.79 Å². The number of hydrogen-bond acceptors (Lipinski definition) is 3. The molecule has 6 nitrogen and oxygen atoms in total. The van der Waals surface area contributed by atoms with E-state index < -0.39 is 0 Å². The van der Waals surface area contributed by atoms with Gasteiger partial charge in [0.2, 0.25) is 5.91 Å². The van der Waals surface area contributed by atoms with Gasteiger partial charge in [-0.15, -0.1) is 0 Å². The standard InChI is InChI=1S/C19H30N4O2/c1-13(2)18(24)23-9-8-16(12-23)22-19(20-4)21-11-15-6-7-17(25-5)14(3)10-15/h6-7,10,13,16H,8-9,11-12H2,1-5H3,(H2,20,21,22). The normalized spacial score (nSPS) is 17.8. The Morgan fingerprint density at radius 2 is 2.20 bits per heavy atom. The van der Waals surface area contributed by atoms with Gasteiger partial charge >= 0.3 is 0 Å². The first-order chi connectivity index (χ1) is 11.9. The van der Waals surface area contributed by atoms with Gasteiger partial charge in [-0.2, -0.15) is 0 Å². The summed E-state index contributed by atoms with van der Waals surface area (Å²) in [6.07, 6.45) is 0.945. The van der Waals surface area contributed by atoms with Crippen LogP contribution >= 0.6 is 0 Å². The maximum absolute atomic E-state index is 12.1. The van der Waals surface area contributed by atoms with Crippen LogP contribution in [0.2, 0.25) is 0 Å². The number of benzene rings is 1. The average Bonchev–Trinajstić information content (AvgIpc) is 3.06. The molecule has 25 heavy (non-hydrogen) atoms. The monoisotopic (exact) mass is 346 g/mol. The molecule has 0 aromatic heterocycles. The van der Waals surface area contributed by atoms with Crippen LogP contribution in [-0.4, -0.2) is 50.1 Å². The summed E-state index contributed by atoms with van der Waals surface area (Å²) in [6, 6.07) is 6.38. The van der Waals surface area contributed by atoms with Crippen molar-refractivity contribution in [2.75, 3.05) is 27.2 Å². The molecule has 0 bridgehead atoms. The third kappa shape index (κ3) is 5.11. The van der Waals surface area contributed by atoms with E-state index in [-0.39, 0.29) is 17.9 Å². The largest absolute Gasteiger partial charge is 0.496 e. The lowest BCUT2D eigenvalue weighted by Crippen LogP contribution is -2.45. The number of carbonyl (C=O) groups excluding carboxylic acids is 1. The van der Waals surface area contributed by atoms with Gasteiger partial charge in [-0.1, -0.05) is 26.0 Å². The number of likely N-dealkylation sites (tertiary alicyclic amines) is 1. The Kier molecular flexibility index (Phi) is 6.67. The topological polar surface area (TPSA) is 66.0 Å². The molecule has 0 spiro atoms. The minimum atomic E-state index is 0.0505. The van der Waals surface area contributed by atoms with Gasteiger partial charge in [0.15, 0.2) is 5.96 Å². The molecule has 0 aliphatic carbocycles. The van der Waals surface area contributed by atoms with Gasteiger partial charge in [-0.05, 0) is 30.5 Å². The summed E-state index contributed by atoms with van der Waals surface area (Å²) in [6.45, 7) is 8.16. The van der Waals surface area contributed by atoms with Crippen LogP contribution in [0.4, 0.5) is 0 Å². The van der Waals surface area contributed by atoms with Crippen molar-refractivity contribution < 1.29 is 9.53 Å². The number of aliphatic imine (C=N–C) groups is 1. The van der Waals surface area contributed by atoms with E-state index in [0.717, 1.165) is 36.8 Å². The molecule has 2 N–H and O–H groups in total. The summed E-state index contributed by atoms with van der Waals surface area (Å²) in [7, 11) is 3.45. The van der Waals surface area contributed by atoms with E-state index in [9.17, 15) is 4.79 Å². The third-order valence-electron chi connectivity index (χ3n) is 4.48. The van der Waals surface area contributed by atoms with Crippen molar-refractivity contribution in [1.29, 1.82) is 0 Å². The van der Waals surface area contributed by atoms with E-state index >= 15 is 0 Å². The molecule has 1 aliphatic heterocycles. The van der Waals surface area contributed by atoms with Crippen molar-refractivity contribution in [2.45, 2.75) is 39.8 Å². The Morgan fingerprint density at radius 3 is 2.80 bits per heavy atom. The molecule has 0 saturated carbocycles. The molecule has 2 rings (SSSR count). The minimum absolute atomic E-state index is 0.0505. The Morgan fingerprint density at radius 1 is 1.44 bits per heavy atom. The van der Waals surface area contributed by atoms with Gasteiger partial charge in [0.05, 0.1) is 7.11 Å². The predicted molar refractivity (Wildman–Crippen MR) is 101 cm³/mol. The first kappa shape index (κ1) is 19.1. The van der Waals surface area contributed by atoms with Crippen LogP contribution in [0.1, 0.15) is 31.4 Å². The number of methoxy groups -OCH3 is 1. The highest BCUT2D eigenvalue weighted by Crippen LogP contribution is 2.18. The smallest absolute Gasteiger partial charge is 0.225 e. The Balaban J connectivity index is 1.85. The van der Waals surface area contributed by atoms with E-state index in [0.29, 0.717) is 6.54 Å². The number of ether oxygens (including phenoxy) is 1. The van der Waals surface area contributed by atoms with Crippen LogP contribution in [0.5, 0.6) is 5.75 Å². The predicted octanol–water partition coefficient (Wildman–Crippen LogP) is 1.93. The zero-order valence-electron chi connectivity index (χ0n) is 15.9. The second kappa shape index (κ2) is 8.74. The van der Waals surface area contributed by atoms with Crippen molar-refractivity contribution in [3.05, 3.63) is 29.3 Å². The molecule has 1 atom stereocenters. The molecule has 1 aliphatic rings. The fraction of sp³-hybridized carbons (Fsp3) is 0.579. The van der Waals surface area contributed by atoms with E-state index in [4.69, 9.17) is 4.74 Å². The highest BCUT2D eigenvalue weighted by atomic mass is 16.5. The second-order valence-electron chi connectivity index (χ2n) is 6.80. The zero-order chi connectivity index (χ0) is 18.4. The van der Waals surface area contributed by atoms with Crippen molar-refractivity contribution in [2.24, 2.45) is 10.9 Å². The van der Waals surface area contributed by atoms with Crippen LogP contribution in [0, 0.1) is 12.8 Å². The molecule has 0 radical (unpaired) electrons. The number of nitrogens with one attached hydrogen (secondary N) is 2. The minimum Gasteiger partial charge on any atom is -0.496 e. The molecule has 138 valence electrons. The van der Waals surface area contributed by atoms with Crippen LogP contribution < -0.4 is 15.4 Å². The van der Waals surface area contributed by atoms with E-state index in [1.54, 1.807) is 14.2 Å². The van der Waals surface area contributed by atoms with Gasteiger partial charge in [0.1, 0.15) is 5.75 Å². The number of rotatable bonds is 5. The molecule has 1 amide bonds. The number of carbonyl (C=O) groups is 1. The maximum atomic E-state index is 12.1. The SMILES string of the molecule is CN=C(NCc1ccc(OC)c(C)c1)NC1CCN(C(=O)C(C)C)C1. The molecule has 1 fully saturated rings. The number of hydrogen-bond donors (Lipinski definition) is 2. The Hall–Kier alpha value is -2.24. The lowest BCUT2D eigenvalue weighted by atomic mass is 10.1. The molecule has 1 unspecified atom stereocenters. The summed E-state index contributed by atoms with van der Waals surface area (Å²) in [5, 5.41) is 6.76. The van der Waals surface area contributed by atoms with Crippen molar-refractivity contribution >= 4 is 11.9 Å². The quantitative estimate of drug-likeness (QED) is 0.631. The molecule has 1 heterocycles. The highest BCUT2D eigenvalue weighted by Gasteiger charge is 2.27. The highest BCUT2D eigenvalue weighted by molar-refractivity contribution is 5.81. The molecule has 6 heteroatoms. The van der Waals surface area contributed by atoms with Crippen LogP contribution in [0.15, 0.2) is 23.2 Å². The summed E-state index contributed by atoms with van der Waals surface area (Å²) in [5.74, 6) is 1.93. The number of guanidine groups is 1. The zero-order valence-corrected chi connectivity index (χ0v) is 15.9. The maximum Gasteiger partial charge on any atom is 0.225 e.